The molecule has 0 aliphatic heterocycles. The zero-order valence-electron chi connectivity index (χ0n) is 14.6. The van der Waals surface area contributed by atoms with Crippen LogP contribution in [0.15, 0.2) is 54.6 Å². The molecule has 0 spiro atoms. The number of rotatable bonds is 5. The smallest absolute Gasteiger partial charge is 0.232 e. The SMILES string of the molecule is CCN(c1cccc(C)c1)c1nc(C)cc(Nc2ccc(F)cc2)n1. The number of nitrogens with one attached hydrogen (secondary N) is 1. The van der Waals surface area contributed by atoms with E-state index in [1.54, 1.807) is 12.1 Å². The molecule has 0 unspecified atom stereocenters. The highest BCUT2D eigenvalue weighted by atomic mass is 19.1. The zero-order chi connectivity index (χ0) is 17.8. The van der Waals surface area contributed by atoms with Gasteiger partial charge in [-0.15, -0.1) is 0 Å². The van der Waals surface area contributed by atoms with Crippen LogP contribution in [0.5, 0.6) is 0 Å². The van der Waals surface area contributed by atoms with Crippen LogP contribution >= 0.6 is 0 Å². The lowest BCUT2D eigenvalue weighted by atomic mass is 10.2. The highest BCUT2D eigenvalue weighted by molar-refractivity contribution is 5.62. The molecule has 0 amide bonds. The van der Waals surface area contributed by atoms with Gasteiger partial charge in [0, 0.05) is 29.7 Å². The molecule has 0 radical (unpaired) electrons. The molecule has 0 bridgehead atoms. The highest BCUT2D eigenvalue weighted by Gasteiger charge is 2.12. The summed E-state index contributed by atoms with van der Waals surface area (Å²) in [6.45, 7) is 6.82. The van der Waals surface area contributed by atoms with Crippen LogP contribution in [0.4, 0.5) is 27.5 Å². The van der Waals surface area contributed by atoms with Crippen LogP contribution in [0.3, 0.4) is 0 Å². The Kier molecular flexibility index (Phi) is 4.93. The molecule has 0 fully saturated rings. The van der Waals surface area contributed by atoms with Gasteiger partial charge in [-0.2, -0.15) is 4.98 Å². The van der Waals surface area contributed by atoms with E-state index in [1.807, 2.05) is 19.1 Å². The fourth-order valence-corrected chi connectivity index (χ4v) is 2.65. The summed E-state index contributed by atoms with van der Waals surface area (Å²) in [5, 5.41) is 3.21. The normalized spacial score (nSPS) is 10.6. The van der Waals surface area contributed by atoms with Crippen LogP contribution in [-0.2, 0) is 0 Å². The Labute approximate surface area is 147 Å². The third-order valence-corrected chi connectivity index (χ3v) is 3.83. The van der Waals surface area contributed by atoms with Crippen molar-refractivity contribution >= 4 is 23.1 Å². The summed E-state index contributed by atoms with van der Waals surface area (Å²) in [4.78, 5) is 11.3. The van der Waals surface area contributed by atoms with E-state index in [2.05, 4.69) is 52.2 Å². The second-order valence-electron chi connectivity index (χ2n) is 5.91. The van der Waals surface area contributed by atoms with E-state index >= 15 is 0 Å². The van der Waals surface area contributed by atoms with Gasteiger partial charge in [0.1, 0.15) is 11.6 Å². The minimum atomic E-state index is -0.262. The third kappa shape index (κ3) is 4.12. The van der Waals surface area contributed by atoms with Crippen LogP contribution in [-0.4, -0.2) is 16.5 Å². The molecule has 4 nitrogen and oxygen atoms in total. The Balaban J connectivity index is 1.93. The molecule has 5 heteroatoms. The second-order valence-corrected chi connectivity index (χ2v) is 5.91. The summed E-state index contributed by atoms with van der Waals surface area (Å²) < 4.78 is 13.1. The van der Waals surface area contributed by atoms with Gasteiger partial charge in [0.15, 0.2) is 0 Å². The maximum Gasteiger partial charge on any atom is 0.232 e. The first kappa shape index (κ1) is 16.9. The number of aryl methyl sites for hydroxylation is 2. The van der Waals surface area contributed by atoms with E-state index < -0.39 is 0 Å². The molecule has 1 N–H and O–H groups in total. The van der Waals surface area contributed by atoms with E-state index in [0.717, 1.165) is 23.6 Å². The minimum absolute atomic E-state index is 0.262. The number of anilines is 4. The van der Waals surface area contributed by atoms with Crippen molar-refractivity contribution in [2.24, 2.45) is 0 Å². The van der Waals surface area contributed by atoms with Crippen molar-refractivity contribution in [3.05, 3.63) is 71.7 Å². The standard InChI is InChI=1S/C20H21FN4/c1-4-25(18-7-5-6-14(2)12-18)20-22-15(3)13-19(24-20)23-17-10-8-16(21)9-11-17/h5-13H,4H2,1-3H3,(H,22,23,24). The first-order valence-electron chi connectivity index (χ1n) is 8.27. The van der Waals surface area contributed by atoms with E-state index in [9.17, 15) is 4.39 Å². The molecule has 0 saturated heterocycles. The minimum Gasteiger partial charge on any atom is -0.340 e. The van der Waals surface area contributed by atoms with Crippen molar-refractivity contribution in [1.29, 1.82) is 0 Å². The van der Waals surface area contributed by atoms with Gasteiger partial charge >= 0.3 is 0 Å². The van der Waals surface area contributed by atoms with Crippen LogP contribution in [0.1, 0.15) is 18.2 Å². The average Bonchev–Trinajstić information content (AvgIpc) is 2.57. The van der Waals surface area contributed by atoms with Crippen LogP contribution < -0.4 is 10.2 Å². The lowest BCUT2D eigenvalue weighted by Crippen LogP contribution is -2.19. The number of aromatic nitrogens is 2. The van der Waals surface area contributed by atoms with Crippen molar-refractivity contribution in [1.82, 2.24) is 9.97 Å². The molecule has 0 saturated carbocycles. The quantitative estimate of drug-likeness (QED) is 0.701. The van der Waals surface area contributed by atoms with Gasteiger partial charge in [0.2, 0.25) is 5.95 Å². The second kappa shape index (κ2) is 7.30. The summed E-state index contributed by atoms with van der Waals surface area (Å²) in [5.74, 6) is 1.06. The summed E-state index contributed by atoms with van der Waals surface area (Å²) >= 11 is 0. The molecule has 1 heterocycles. The molecular weight excluding hydrogens is 315 g/mol. The van der Waals surface area contributed by atoms with Crippen molar-refractivity contribution in [3.8, 4) is 0 Å². The lowest BCUT2D eigenvalue weighted by molar-refractivity contribution is 0.628. The van der Waals surface area contributed by atoms with E-state index in [-0.39, 0.29) is 5.82 Å². The molecule has 25 heavy (non-hydrogen) atoms. The fourth-order valence-electron chi connectivity index (χ4n) is 2.65. The molecular formula is C20H21FN4. The van der Waals surface area contributed by atoms with E-state index in [0.29, 0.717) is 11.8 Å². The largest absolute Gasteiger partial charge is 0.340 e. The maximum atomic E-state index is 13.1. The molecule has 2 aromatic carbocycles. The van der Waals surface area contributed by atoms with Crippen LogP contribution in [0, 0.1) is 19.7 Å². The topological polar surface area (TPSA) is 41.1 Å². The molecule has 0 atom stereocenters. The number of nitrogens with zero attached hydrogens (tertiary/aromatic N) is 3. The number of halogens is 1. The van der Waals surface area contributed by atoms with Gasteiger partial charge in [0.05, 0.1) is 0 Å². The molecule has 3 rings (SSSR count). The Hall–Kier alpha value is -2.95. The summed E-state index contributed by atoms with van der Waals surface area (Å²) in [6.07, 6.45) is 0. The maximum absolute atomic E-state index is 13.1. The molecule has 3 aromatic rings. The zero-order valence-corrected chi connectivity index (χ0v) is 14.6. The Bertz CT molecular complexity index is 862. The van der Waals surface area contributed by atoms with Gasteiger partial charge < -0.3 is 10.2 Å². The van der Waals surface area contributed by atoms with E-state index in [4.69, 9.17) is 0 Å². The van der Waals surface area contributed by atoms with Crippen LogP contribution in [0.2, 0.25) is 0 Å². The highest BCUT2D eigenvalue weighted by Crippen LogP contribution is 2.25. The molecule has 0 aliphatic rings. The summed E-state index contributed by atoms with van der Waals surface area (Å²) in [6, 6.07) is 16.3. The van der Waals surface area contributed by atoms with Gasteiger partial charge in [0.25, 0.3) is 0 Å². The third-order valence-electron chi connectivity index (χ3n) is 3.83. The predicted molar refractivity (Wildman–Crippen MR) is 100 cm³/mol. The monoisotopic (exact) mass is 336 g/mol. The van der Waals surface area contributed by atoms with E-state index in [1.165, 1.54) is 17.7 Å². The van der Waals surface area contributed by atoms with Gasteiger partial charge in [-0.25, -0.2) is 9.37 Å². The molecule has 0 aliphatic carbocycles. The van der Waals surface area contributed by atoms with Gasteiger partial charge in [-0.1, -0.05) is 12.1 Å². The fraction of sp³-hybridized carbons (Fsp3) is 0.200. The van der Waals surface area contributed by atoms with Crippen molar-refractivity contribution < 1.29 is 4.39 Å². The number of benzene rings is 2. The van der Waals surface area contributed by atoms with Crippen LogP contribution in [0.25, 0.3) is 0 Å². The van der Waals surface area contributed by atoms with Crippen molar-refractivity contribution in [2.75, 3.05) is 16.8 Å². The number of hydrogen-bond acceptors (Lipinski definition) is 4. The Morgan fingerprint density at radius 2 is 1.76 bits per heavy atom. The first-order chi connectivity index (χ1) is 12.0. The Morgan fingerprint density at radius 3 is 2.44 bits per heavy atom. The van der Waals surface area contributed by atoms with Crippen molar-refractivity contribution in [3.63, 3.8) is 0 Å². The summed E-state index contributed by atoms with van der Waals surface area (Å²) in [5.41, 5.74) is 3.89. The molecule has 1 aromatic heterocycles. The predicted octanol–water partition coefficient (Wildman–Crippen LogP) is 5.13. The average molecular weight is 336 g/mol. The van der Waals surface area contributed by atoms with Crippen molar-refractivity contribution in [2.45, 2.75) is 20.8 Å². The summed E-state index contributed by atoms with van der Waals surface area (Å²) in [7, 11) is 0. The van der Waals surface area contributed by atoms with Gasteiger partial charge in [-0.3, -0.25) is 0 Å². The van der Waals surface area contributed by atoms with Gasteiger partial charge in [-0.05, 0) is 62.7 Å². The number of hydrogen-bond donors (Lipinski definition) is 1. The first-order valence-corrected chi connectivity index (χ1v) is 8.27. The lowest BCUT2D eigenvalue weighted by Gasteiger charge is -2.22. The Morgan fingerprint density at radius 1 is 1.00 bits per heavy atom. The molecule has 128 valence electrons.